The summed E-state index contributed by atoms with van der Waals surface area (Å²) in [6, 6.07) is 14.9. The van der Waals surface area contributed by atoms with Gasteiger partial charge in [-0.1, -0.05) is 30.8 Å². The summed E-state index contributed by atoms with van der Waals surface area (Å²) in [5.74, 6) is 0.304. The highest BCUT2D eigenvalue weighted by Gasteiger charge is 2.09. The van der Waals surface area contributed by atoms with Crippen LogP contribution in [-0.4, -0.2) is 19.7 Å². The van der Waals surface area contributed by atoms with Crippen molar-refractivity contribution < 1.29 is 18.7 Å². The molecule has 0 atom stereocenters. The Morgan fingerprint density at radius 3 is 2.63 bits per heavy atom. The van der Waals surface area contributed by atoms with Gasteiger partial charge < -0.3 is 13.9 Å². The van der Waals surface area contributed by atoms with Crippen molar-refractivity contribution in [1.82, 2.24) is 0 Å². The molecule has 0 saturated carbocycles. The first kappa shape index (κ1) is 18.5. The van der Waals surface area contributed by atoms with E-state index in [-0.39, 0.29) is 5.63 Å². The zero-order valence-corrected chi connectivity index (χ0v) is 15.1. The molecule has 5 nitrogen and oxygen atoms in total. The third-order valence-electron chi connectivity index (χ3n) is 4.22. The number of hydrogen-bond acceptors (Lipinski definition) is 5. The summed E-state index contributed by atoms with van der Waals surface area (Å²) >= 11 is 0. The summed E-state index contributed by atoms with van der Waals surface area (Å²) in [4.78, 5) is 23.4. The summed E-state index contributed by atoms with van der Waals surface area (Å²) in [6.07, 6.45) is 2.54. The number of esters is 1. The van der Waals surface area contributed by atoms with Crippen LogP contribution in [0.15, 0.2) is 70.4 Å². The van der Waals surface area contributed by atoms with Gasteiger partial charge in [0.05, 0.1) is 19.3 Å². The molecule has 5 heteroatoms. The van der Waals surface area contributed by atoms with E-state index < -0.39 is 5.97 Å². The van der Waals surface area contributed by atoms with Crippen molar-refractivity contribution in [2.45, 2.75) is 12.8 Å². The smallest absolute Gasteiger partial charge is 0.344 e. The van der Waals surface area contributed by atoms with Crippen LogP contribution >= 0.6 is 0 Å². The van der Waals surface area contributed by atoms with Crippen LogP contribution in [0.1, 0.15) is 12.0 Å². The maximum atomic E-state index is 12.4. The lowest BCUT2D eigenvalue weighted by atomic mass is 10.0. The topological polar surface area (TPSA) is 65.7 Å². The Bertz CT molecular complexity index is 1020. The van der Waals surface area contributed by atoms with Crippen molar-refractivity contribution in [2.75, 3.05) is 13.7 Å². The lowest BCUT2D eigenvalue weighted by molar-refractivity contribution is -0.137. The molecule has 0 N–H and O–H groups in total. The molecule has 0 aliphatic carbocycles. The number of hydrogen-bond donors (Lipinski definition) is 0. The standard InChI is InChI=1S/C22H20O5/c1-3-21(23)26-12-4-5-15-6-7-17-14-19(22(24)27-20(17)13-15)16-8-10-18(25-2)11-9-16/h3,6-11,13-14H,1,4-5,12H2,2H3. The van der Waals surface area contributed by atoms with E-state index in [1.807, 2.05) is 36.4 Å². The van der Waals surface area contributed by atoms with Crippen LogP contribution in [0.3, 0.4) is 0 Å². The zero-order valence-electron chi connectivity index (χ0n) is 15.1. The van der Waals surface area contributed by atoms with E-state index in [0.717, 1.165) is 28.3 Å². The SMILES string of the molecule is C=CC(=O)OCCCc1ccc2cc(-c3ccc(OC)cc3)c(=O)oc2c1. The van der Waals surface area contributed by atoms with E-state index in [9.17, 15) is 9.59 Å². The quantitative estimate of drug-likeness (QED) is 0.273. The fraction of sp³-hybridized carbons (Fsp3) is 0.182. The fourth-order valence-electron chi connectivity index (χ4n) is 2.79. The normalized spacial score (nSPS) is 10.6. The van der Waals surface area contributed by atoms with Crippen molar-refractivity contribution in [3.05, 3.63) is 77.2 Å². The Morgan fingerprint density at radius 1 is 1.15 bits per heavy atom. The minimum absolute atomic E-state index is 0.323. The molecule has 0 unspecified atom stereocenters. The fourth-order valence-corrected chi connectivity index (χ4v) is 2.79. The molecule has 138 valence electrons. The van der Waals surface area contributed by atoms with E-state index in [4.69, 9.17) is 13.9 Å². The Labute approximate surface area is 156 Å². The molecule has 1 aromatic heterocycles. The van der Waals surface area contributed by atoms with Gasteiger partial charge in [0.1, 0.15) is 11.3 Å². The minimum Gasteiger partial charge on any atom is -0.497 e. The highest BCUT2D eigenvalue weighted by atomic mass is 16.5. The molecular formula is C22H20O5. The second kappa shape index (κ2) is 8.36. The van der Waals surface area contributed by atoms with Gasteiger partial charge in [0, 0.05) is 11.5 Å². The number of benzene rings is 2. The number of aryl methyl sites for hydroxylation is 1. The van der Waals surface area contributed by atoms with Gasteiger partial charge >= 0.3 is 11.6 Å². The van der Waals surface area contributed by atoms with Crippen LogP contribution in [0, 0.1) is 0 Å². The van der Waals surface area contributed by atoms with Crippen molar-refractivity contribution in [3.63, 3.8) is 0 Å². The van der Waals surface area contributed by atoms with Gasteiger partial charge in [-0.3, -0.25) is 0 Å². The maximum Gasteiger partial charge on any atom is 0.344 e. The summed E-state index contributed by atoms with van der Waals surface area (Å²) < 4.78 is 15.6. The minimum atomic E-state index is -0.425. The Hall–Kier alpha value is -3.34. The molecule has 1 heterocycles. The van der Waals surface area contributed by atoms with Gasteiger partial charge in [-0.25, -0.2) is 9.59 Å². The van der Waals surface area contributed by atoms with Crippen molar-refractivity contribution in [1.29, 1.82) is 0 Å². The van der Waals surface area contributed by atoms with Crippen LogP contribution < -0.4 is 10.4 Å². The van der Waals surface area contributed by atoms with Gasteiger partial charge in [0.2, 0.25) is 0 Å². The van der Waals surface area contributed by atoms with E-state index in [0.29, 0.717) is 30.6 Å². The number of carbonyl (C=O) groups excluding carboxylic acids is 1. The lowest BCUT2D eigenvalue weighted by Crippen LogP contribution is -2.04. The Kier molecular flexibility index (Phi) is 5.71. The predicted octanol–water partition coefficient (Wildman–Crippen LogP) is 4.13. The first-order chi connectivity index (χ1) is 13.1. The van der Waals surface area contributed by atoms with Gasteiger partial charge in [-0.15, -0.1) is 0 Å². The maximum absolute atomic E-state index is 12.4. The average Bonchev–Trinajstić information content (AvgIpc) is 2.70. The molecule has 0 radical (unpaired) electrons. The molecule has 0 aliphatic rings. The molecule has 0 spiro atoms. The first-order valence-corrected chi connectivity index (χ1v) is 8.61. The predicted molar refractivity (Wildman–Crippen MR) is 104 cm³/mol. The molecular weight excluding hydrogens is 344 g/mol. The average molecular weight is 364 g/mol. The van der Waals surface area contributed by atoms with Crippen LogP contribution in [0.5, 0.6) is 5.75 Å². The van der Waals surface area contributed by atoms with E-state index in [1.54, 1.807) is 19.2 Å². The lowest BCUT2D eigenvalue weighted by Gasteiger charge is -2.06. The van der Waals surface area contributed by atoms with E-state index in [1.165, 1.54) is 0 Å². The van der Waals surface area contributed by atoms with Crippen molar-refractivity contribution >= 4 is 16.9 Å². The largest absolute Gasteiger partial charge is 0.497 e. The van der Waals surface area contributed by atoms with Gasteiger partial charge in [0.25, 0.3) is 0 Å². The number of fused-ring (bicyclic) bond motifs is 1. The van der Waals surface area contributed by atoms with Gasteiger partial charge in [-0.05, 0) is 48.2 Å². The number of carbonyl (C=O) groups is 1. The summed E-state index contributed by atoms with van der Waals surface area (Å²) in [5.41, 5.74) is 2.45. The summed E-state index contributed by atoms with van der Waals surface area (Å²) in [6.45, 7) is 3.68. The number of methoxy groups -OCH3 is 1. The van der Waals surface area contributed by atoms with Crippen molar-refractivity contribution in [3.8, 4) is 16.9 Å². The highest BCUT2D eigenvalue weighted by molar-refractivity contribution is 5.82. The molecule has 0 aliphatic heterocycles. The van der Waals surface area contributed by atoms with Gasteiger partial charge in [-0.2, -0.15) is 0 Å². The first-order valence-electron chi connectivity index (χ1n) is 8.61. The molecule has 27 heavy (non-hydrogen) atoms. The van der Waals surface area contributed by atoms with Crippen LogP contribution in [0.4, 0.5) is 0 Å². The van der Waals surface area contributed by atoms with Gasteiger partial charge in [0.15, 0.2) is 0 Å². The molecule has 0 saturated heterocycles. The van der Waals surface area contributed by atoms with E-state index >= 15 is 0 Å². The Morgan fingerprint density at radius 2 is 1.93 bits per heavy atom. The summed E-state index contributed by atoms with van der Waals surface area (Å²) in [5, 5.41) is 0.849. The van der Waals surface area contributed by atoms with Crippen LogP contribution in [0.25, 0.3) is 22.1 Å². The second-order valence-electron chi connectivity index (χ2n) is 6.02. The van der Waals surface area contributed by atoms with Crippen LogP contribution in [0.2, 0.25) is 0 Å². The van der Waals surface area contributed by atoms with E-state index in [2.05, 4.69) is 6.58 Å². The monoisotopic (exact) mass is 364 g/mol. The molecule has 0 fully saturated rings. The second-order valence-corrected chi connectivity index (χ2v) is 6.02. The molecule has 0 bridgehead atoms. The summed E-state index contributed by atoms with van der Waals surface area (Å²) in [7, 11) is 1.60. The van der Waals surface area contributed by atoms with Crippen molar-refractivity contribution in [2.24, 2.45) is 0 Å². The highest BCUT2D eigenvalue weighted by Crippen LogP contribution is 2.24. The number of rotatable bonds is 7. The number of ether oxygens (including phenoxy) is 2. The molecule has 0 amide bonds. The zero-order chi connectivity index (χ0) is 19.2. The third-order valence-corrected chi connectivity index (χ3v) is 4.22. The molecule has 3 aromatic rings. The molecule has 2 aromatic carbocycles. The van der Waals surface area contributed by atoms with Crippen LogP contribution in [-0.2, 0) is 16.0 Å². The Balaban J connectivity index is 1.79. The third kappa shape index (κ3) is 4.44. The molecule has 3 rings (SSSR count).